The second kappa shape index (κ2) is 5.82. The van der Waals surface area contributed by atoms with Gasteiger partial charge in [-0.05, 0) is 40.5 Å². The summed E-state index contributed by atoms with van der Waals surface area (Å²) in [6, 6.07) is 5.96. The van der Waals surface area contributed by atoms with Crippen LogP contribution < -0.4 is 4.90 Å². The lowest BCUT2D eigenvalue weighted by atomic mass is 10.3. The van der Waals surface area contributed by atoms with Crippen molar-refractivity contribution in [2.24, 2.45) is 0 Å². The van der Waals surface area contributed by atoms with E-state index in [4.69, 9.17) is 0 Å². The molecule has 0 fully saturated rings. The van der Waals surface area contributed by atoms with E-state index in [1.807, 2.05) is 35.4 Å². The Bertz CT molecular complexity index is 438. The molecule has 0 aliphatic rings. The fraction of sp³-hybridized carbons (Fsp3) is 0.333. The predicted molar refractivity (Wildman–Crippen MR) is 72.1 cm³/mol. The van der Waals surface area contributed by atoms with Crippen LogP contribution in [0.2, 0.25) is 0 Å². The quantitative estimate of drug-likeness (QED) is 0.795. The maximum atomic E-state index is 4.22. The Kier molecular flexibility index (Phi) is 4.14. The Labute approximate surface area is 109 Å². The second-order valence-corrected chi connectivity index (χ2v) is 4.70. The van der Waals surface area contributed by atoms with Crippen LogP contribution in [-0.2, 0) is 6.54 Å². The molecule has 0 aliphatic heterocycles. The highest BCUT2D eigenvalue weighted by molar-refractivity contribution is 9.10. The molecule has 4 nitrogen and oxygen atoms in total. The van der Waals surface area contributed by atoms with Crippen LogP contribution in [0.4, 0.5) is 5.69 Å². The Balaban J connectivity index is 1.81. The normalized spacial score (nSPS) is 10.5. The van der Waals surface area contributed by atoms with Gasteiger partial charge in [-0.15, -0.1) is 0 Å². The molecular weight excluding hydrogens is 280 g/mol. The number of aryl methyl sites for hydroxylation is 1. The van der Waals surface area contributed by atoms with Crippen LogP contribution in [0, 0.1) is 0 Å². The molecule has 17 heavy (non-hydrogen) atoms. The Morgan fingerprint density at radius 3 is 2.94 bits per heavy atom. The summed E-state index contributed by atoms with van der Waals surface area (Å²) in [5.41, 5.74) is 1.13. The minimum absolute atomic E-state index is 0.867. The molecule has 2 heterocycles. The number of pyridine rings is 1. The van der Waals surface area contributed by atoms with Crippen LogP contribution in [0.3, 0.4) is 0 Å². The molecule has 5 heteroatoms. The van der Waals surface area contributed by atoms with Gasteiger partial charge in [0.05, 0.1) is 11.9 Å². The van der Waals surface area contributed by atoms with Gasteiger partial charge in [-0.2, -0.15) is 5.10 Å². The molecule has 0 amide bonds. The molecule has 0 unspecified atom stereocenters. The van der Waals surface area contributed by atoms with E-state index in [2.05, 4.69) is 44.0 Å². The standard InChI is InChI=1S/C12H15BrN4/c1-16(11-4-5-12(13)14-10-11)7-3-9-17-8-2-6-15-17/h2,4-6,8,10H,3,7,9H2,1H3. The average molecular weight is 295 g/mol. The topological polar surface area (TPSA) is 34.0 Å². The lowest BCUT2D eigenvalue weighted by molar-refractivity contribution is 0.578. The van der Waals surface area contributed by atoms with Gasteiger partial charge in [-0.1, -0.05) is 0 Å². The third-order valence-electron chi connectivity index (χ3n) is 2.59. The van der Waals surface area contributed by atoms with Gasteiger partial charge in [0.2, 0.25) is 0 Å². The van der Waals surface area contributed by atoms with E-state index >= 15 is 0 Å². The molecule has 0 radical (unpaired) electrons. The van der Waals surface area contributed by atoms with Crippen LogP contribution in [0.25, 0.3) is 0 Å². The summed E-state index contributed by atoms with van der Waals surface area (Å²) in [6.07, 6.45) is 6.73. The van der Waals surface area contributed by atoms with E-state index in [1.165, 1.54) is 0 Å². The second-order valence-electron chi connectivity index (χ2n) is 3.88. The van der Waals surface area contributed by atoms with Crippen molar-refractivity contribution in [3.05, 3.63) is 41.4 Å². The van der Waals surface area contributed by atoms with Gasteiger partial charge in [0.15, 0.2) is 0 Å². The first kappa shape index (κ1) is 12.1. The molecule has 0 saturated heterocycles. The summed E-state index contributed by atoms with van der Waals surface area (Å²) < 4.78 is 2.82. The molecule has 2 rings (SSSR count). The third kappa shape index (κ3) is 3.56. The van der Waals surface area contributed by atoms with Crippen LogP contribution in [0.1, 0.15) is 6.42 Å². The molecular formula is C12H15BrN4. The van der Waals surface area contributed by atoms with Crippen molar-refractivity contribution in [2.75, 3.05) is 18.5 Å². The van der Waals surface area contributed by atoms with Crippen molar-refractivity contribution in [1.29, 1.82) is 0 Å². The SMILES string of the molecule is CN(CCCn1cccn1)c1ccc(Br)nc1. The third-order valence-corrected chi connectivity index (χ3v) is 3.06. The molecule has 2 aromatic rings. The van der Waals surface area contributed by atoms with E-state index in [-0.39, 0.29) is 0 Å². The highest BCUT2D eigenvalue weighted by Gasteiger charge is 2.01. The fourth-order valence-corrected chi connectivity index (χ4v) is 1.86. The zero-order chi connectivity index (χ0) is 12.1. The first-order valence-corrected chi connectivity index (χ1v) is 6.35. The van der Waals surface area contributed by atoms with Gasteiger partial charge in [0.1, 0.15) is 4.60 Å². The molecule has 0 saturated carbocycles. The van der Waals surface area contributed by atoms with E-state index < -0.39 is 0 Å². The Morgan fingerprint density at radius 2 is 2.29 bits per heavy atom. The molecule has 0 spiro atoms. The van der Waals surface area contributed by atoms with Gasteiger partial charge in [-0.25, -0.2) is 4.98 Å². The lowest BCUT2D eigenvalue weighted by Crippen LogP contribution is -2.20. The first-order chi connectivity index (χ1) is 8.25. The molecule has 0 bridgehead atoms. The molecule has 0 atom stereocenters. The summed E-state index contributed by atoms with van der Waals surface area (Å²) >= 11 is 3.33. The largest absolute Gasteiger partial charge is 0.373 e. The van der Waals surface area contributed by atoms with Crippen LogP contribution in [-0.4, -0.2) is 28.4 Å². The van der Waals surface area contributed by atoms with E-state index in [9.17, 15) is 0 Å². The van der Waals surface area contributed by atoms with E-state index in [0.717, 1.165) is 29.8 Å². The Morgan fingerprint density at radius 1 is 1.41 bits per heavy atom. The summed E-state index contributed by atoms with van der Waals surface area (Å²) in [5, 5.41) is 4.18. The number of anilines is 1. The number of nitrogens with zero attached hydrogens (tertiary/aromatic N) is 4. The molecule has 2 aromatic heterocycles. The Hall–Kier alpha value is -1.36. The summed E-state index contributed by atoms with van der Waals surface area (Å²) in [7, 11) is 2.08. The highest BCUT2D eigenvalue weighted by Crippen LogP contribution is 2.14. The van der Waals surface area contributed by atoms with Crippen molar-refractivity contribution >= 4 is 21.6 Å². The van der Waals surface area contributed by atoms with Gasteiger partial charge < -0.3 is 4.90 Å². The predicted octanol–water partition coefficient (Wildman–Crippen LogP) is 2.57. The van der Waals surface area contributed by atoms with Crippen molar-refractivity contribution in [1.82, 2.24) is 14.8 Å². The number of hydrogen-bond acceptors (Lipinski definition) is 3. The van der Waals surface area contributed by atoms with Gasteiger partial charge in [0.25, 0.3) is 0 Å². The molecule has 0 N–H and O–H groups in total. The maximum absolute atomic E-state index is 4.22. The van der Waals surface area contributed by atoms with Crippen LogP contribution in [0.15, 0.2) is 41.4 Å². The number of hydrogen-bond donors (Lipinski definition) is 0. The lowest BCUT2D eigenvalue weighted by Gasteiger charge is -2.18. The van der Waals surface area contributed by atoms with Crippen molar-refractivity contribution < 1.29 is 0 Å². The van der Waals surface area contributed by atoms with E-state index in [1.54, 1.807) is 0 Å². The van der Waals surface area contributed by atoms with E-state index in [0.29, 0.717) is 0 Å². The monoisotopic (exact) mass is 294 g/mol. The summed E-state index contributed by atoms with van der Waals surface area (Å²) in [4.78, 5) is 6.41. The molecule has 0 aromatic carbocycles. The number of rotatable bonds is 5. The maximum Gasteiger partial charge on any atom is 0.106 e. The van der Waals surface area contributed by atoms with Gasteiger partial charge in [-0.3, -0.25) is 4.68 Å². The van der Waals surface area contributed by atoms with Crippen molar-refractivity contribution in [2.45, 2.75) is 13.0 Å². The molecule has 90 valence electrons. The van der Waals surface area contributed by atoms with Crippen molar-refractivity contribution in [3.8, 4) is 0 Å². The smallest absolute Gasteiger partial charge is 0.106 e. The zero-order valence-electron chi connectivity index (χ0n) is 9.75. The fourth-order valence-electron chi connectivity index (χ4n) is 1.63. The molecule has 0 aliphatic carbocycles. The first-order valence-electron chi connectivity index (χ1n) is 5.56. The average Bonchev–Trinajstić information content (AvgIpc) is 2.83. The summed E-state index contributed by atoms with van der Waals surface area (Å²) in [6.45, 7) is 1.93. The van der Waals surface area contributed by atoms with Gasteiger partial charge >= 0.3 is 0 Å². The minimum Gasteiger partial charge on any atom is -0.373 e. The van der Waals surface area contributed by atoms with Crippen molar-refractivity contribution in [3.63, 3.8) is 0 Å². The number of halogens is 1. The summed E-state index contributed by atoms with van der Waals surface area (Å²) in [5.74, 6) is 0. The highest BCUT2D eigenvalue weighted by atomic mass is 79.9. The van der Waals surface area contributed by atoms with Crippen LogP contribution in [0.5, 0.6) is 0 Å². The zero-order valence-corrected chi connectivity index (χ0v) is 11.3. The number of aromatic nitrogens is 3. The van der Waals surface area contributed by atoms with Gasteiger partial charge in [0, 0.05) is 32.5 Å². The minimum atomic E-state index is 0.867. The van der Waals surface area contributed by atoms with Crippen LogP contribution >= 0.6 is 15.9 Å².